The molecule has 0 aromatic heterocycles. The van der Waals surface area contributed by atoms with Gasteiger partial charge < -0.3 is 15.4 Å². The first kappa shape index (κ1) is 26.1. The van der Waals surface area contributed by atoms with E-state index in [4.69, 9.17) is 4.74 Å². The van der Waals surface area contributed by atoms with E-state index in [9.17, 15) is 4.79 Å². The van der Waals surface area contributed by atoms with E-state index < -0.39 is 0 Å². The molecule has 3 rings (SSSR count). The number of nitrogens with zero attached hydrogens (tertiary/aromatic N) is 2. The van der Waals surface area contributed by atoms with Gasteiger partial charge in [-0.25, -0.2) is 4.79 Å². The fraction of sp³-hybridized carbons (Fsp3) is 0.440. The zero-order valence-electron chi connectivity index (χ0n) is 19.2. The summed E-state index contributed by atoms with van der Waals surface area (Å²) < 4.78 is 4.74. The largest absolute Gasteiger partial charge is 0.465 e. The van der Waals surface area contributed by atoms with Crippen LogP contribution in [0.3, 0.4) is 0 Å². The van der Waals surface area contributed by atoms with Crippen molar-refractivity contribution in [3.8, 4) is 0 Å². The van der Waals surface area contributed by atoms with Crippen LogP contribution in [0.4, 0.5) is 0 Å². The summed E-state index contributed by atoms with van der Waals surface area (Å²) in [6.45, 7) is 5.18. The van der Waals surface area contributed by atoms with Gasteiger partial charge in [-0.15, -0.1) is 24.0 Å². The Labute approximate surface area is 208 Å². The van der Waals surface area contributed by atoms with E-state index in [-0.39, 0.29) is 29.9 Å². The van der Waals surface area contributed by atoms with Gasteiger partial charge in [-0.05, 0) is 49.4 Å². The molecule has 0 aliphatic carbocycles. The predicted molar refractivity (Wildman–Crippen MR) is 141 cm³/mol. The highest BCUT2D eigenvalue weighted by Gasteiger charge is 2.25. The monoisotopic (exact) mass is 550 g/mol. The number of halogens is 1. The van der Waals surface area contributed by atoms with E-state index in [0.29, 0.717) is 17.6 Å². The van der Waals surface area contributed by atoms with Crippen LogP contribution in [-0.4, -0.2) is 56.2 Å². The van der Waals surface area contributed by atoms with E-state index in [1.165, 1.54) is 18.2 Å². The fourth-order valence-electron chi connectivity index (χ4n) is 4.04. The van der Waals surface area contributed by atoms with Crippen molar-refractivity contribution in [3.05, 3.63) is 71.3 Å². The summed E-state index contributed by atoms with van der Waals surface area (Å²) in [7, 11) is 3.21. The third-order valence-corrected chi connectivity index (χ3v) is 5.89. The zero-order chi connectivity index (χ0) is 22.1. The third-order valence-electron chi connectivity index (χ3n) is 5.89. The summed E-state index contributed by atoms with van der Waals surface area (Å²) in [6.07, 6.45) is 3.06. The smallest absolute Gasteiger partial charge is 0.337 e. The Morgan fingerprint density at radius 2 is 1.84 bits per heavy atom. The Kier molecular flexibility index (Phi) is 11.0. The number of methoxy groups -OCH3 is 1. The Balaban J connectivity index is 0.00000363. The van der Waals surface area contributed by atoms with Crippen LogP contribution in [0.2, 0.25) is 0 Å². The molecule has 2 atom stereocenters. The Bertz CT molecular complexity index is 858. The molecule has 7 heteroatoms. The molecule has 1 fully saturated rings. The maximum absolute atomic E-state index is 11.5. The second-order valence-electron chi connectivity index (χ2n) is 8.11. The zero-order valence-corrected chi connectivity index (χ0v) is 21.5. The number of aliphatic imine (C=N–C) groups is 1. The molecule has 0 bridgehead atoms. The second-order valence-corrected chi connectivity index (χ2v) is 8.11. The van der Waals surface area contributed by atoms with Crippen molar-refractivity contribution in [2.24, 2.45) is 4.99 Å². The van der Waals surface area contributed by atoms with Gasteiger partial charge in [0, 0.05) is 38.8 Å². The number of guanidine groups is 1. The topological polar surface area (TPSA) is 66.0 Å². The molecule has 1 aliphatic rings. The molecule has 1 saturated heterocycles. The lowest BCUT2D eigenvalue weighted by molar-refractivity contribution is 0.0600. The summed E-state index contributed by atoms with van der Waals surface area (Å²) >= 11 is 0. The van der Waals surface area contributed by atoms with Gasteiger partial charge in [-0.1, -0.05) is 42.5 Å². The fourth-order valence-corrected chi connectivity index (χ4v) is 4.04. The minimum absolute atomic E-state index is 0. The highest BCUT2D eigenvalue weighted by Crippen LogP contribution is 2.20. The van der Waals surface area contributed by atoms with Gasteiger partial charge in [0.2, 0.25) is 0 Å². The number of esters is 1. The maximum atomic E-state index is 11.5. The van der Waals surface area contributed by atoms with E-state index in [1.807, 2.05) is 19.2 Å². The first-order valence-electron chi connectivity index (χ1n) is 11.0. The average Bonchev–Trinajstić information content (AvgIpc) is 2.80. The van der Waals surface area contributed by atoms with Crippen molar-refractivity contribution in [1.82, 2.24) is 15.5 Å². The molecular weight excluding hydrogens is 515 g/mol. The number of hydrogen-bond donors (Lipinski definition) is 2. The molecule has 2 aromatic carbocycles. The summed E-state index contributed by atoms with van der Waals surface area (Å²) in [6, 6.07) is 19.2. The van der Waals surface area contributed by atoms with Crippen molar-refractivity contribution in [1.29, 1.82) is 0 Å². The molecule has 6 nitrogen and oxygen atoms in total. The molecule has 1 aliphatic heterocycles. The first-order chi connectivity index (χ1) is 15.1. The molecule has 2 N–H and O–H groups in total. The quantitative estimate of drug-likeness (QED) is 0.237. The van der Waals surface area contributed by atoms with E-state index >= 15 is 0 Å². The molecule has 2 aromatic rings. The minimum atomic E-state index is -0.307. The first-order valence-corrected chi connectivity index (χ1v) is 11.0. The number of likely N-dealkylation sites (tertiary alicyclic amines) is 1. The van der Waals surface area contributed by atoms with Crippen LogP contribution >= 0.6 is 24.0 Å². The van der Waals surface area contributed by atoms with Crippen LogP contribution < -0.4 is 10.6 Å². The summed E-state index contributed by atoms with van der Waals surface area (Å²) in [5.41, 5.74) is 3.11. The van der Waals surface area contributed by atoms with Gasteiger partial charge in [-0.3, -0.25) is 9.89 Å². The number of carbonyl (C=O) groups excluding carboxylic acids is 1. The number of rotatable bonds is 7. The molecule has 0 spiro atoms. The molecule has 32 heavy (non-hydrogen) atoms. The predicted octanol–water partition coefficient (Wildman–Crippen LogP) is 3.85. The van der Waals surface area contributed by atoms with Crippen LogP contribution in [0, 0.1) is 0 Å². The maximum Gasteiger partial charge on any atom is 0.337 e. The van der Waals surface area contributed by atoms with Gasteiger partial charge in [0.05, 0.1) is 12.7 Å². The number of carbonyl (C=O) groups is 1. The Morgan fingerprint density at radius 3 is 2.47 bits per heavy atom. The van der Waals surface area contributed by atoms with E-state index in [2.05, 4.69) is 57.8 Å². The highest BCUT2D eigenvalue weighted by atomic mass is 127. The lowest BCUT2D eigenvalue weighted by Crippen LogP contribution is -2.51. The van der Waals surface area contributed by atoms with Crippen LogP contribution in [0.1, 0.15) is 41.3 Å². The lowest BCUT2D eigenvalue weighted by atomic mass is 9.97. The number of ether oxygens (including phenoxy) is 1. The van der Waals surface area contributed by atoms with Crippen molar-refractivity contribution in [3.63, 3.8) is 0 Å². The lowest BCUT2D eigenvalue weighted by Gasteiger charge is -2.38. The summed E-state index contributed by atoms with van der Waals surface area (Å²) in [5, 5.41) is 7.00. The van der Waals surface area contributed by atoms with Gasteiger partial charge in [0.1, 0.15) is 0 Å². The summed E-state index contributed by atoms with van der Waals surface area (Å²) in [4.78, 5) is 18.5. The Morgan fingerprint density at radius 1 is 1.12 bits per heavy atom. The molecular formula is C25H35IN4O2. The Hall–Kier alpha value is -2.13. The molecule has 2 unspecified atom stereocenters. The van der Waals surface area contributed by atoms with Crippen LogP contribution in [-0.2, 0) is 17.7 Å². The minimum Gasteiger partial charge on any atom is -0.465 e. The molecule has 0 radical (unpaired) electrons. The molecule has 0 saturated carbocycles. The number of hydrogen-bond acceptors (Lipinski definition) is 4. The van der Waals surface area contributed by atoms with Crippen LogP contribution in [0.5, 0.6) is 0 Å². The molecule has 0 amide bonds. The normalized spacial score (nSPS) is 19.0. The number of piperidine rings is 1. The van der Waals surface area contributed by atoms with Crippen LogP contribution in [0.15, 0.2) is 59.6 Å². The average molecular weight is 550 g/mol. The number of benzene rings is 2. The van der Waals surface area contributed by atoms with Gasteiger partial charge in [0.25, 0.3) is 0 Å². The van der Waals surface area contributed by atoms with Gasteiger partial charge >= 0.3 is 5.97 Å². The highest BCUT2D eigenvalue weighted by molar-refractivity contribution is 14.0. The van der Waals surface area contributed by atoms with E-state index in [1.54, 1.807) is 12.1 Å². The molecule has 1 heterocycles. The van der Waals surface area contributed by atoms with E-state index in [0.717, 1.165) is 44.9 Å². The van der Waals surface area contributed by atoms with Gasteiger partial charge in [0.15, 0.2) is 5.96 Å². The third kappa shape index (κ3) is 7.78. The van der Waals surface area contributed by atoms with Crippen molar-refractivity contribution in [2.45, 2.75) is 44.8 Å². The van der Waals surface area contributed by atoms with Crippen molar-refractivity contribution in [2.75, 3.05) is 27.2 Å². The van der Waals surface area contributed by atoms with Crippen LogP contribution in [0.25, 0.3) is 0 Å². The standard InChI is InChI=1S/C25H34N4O2.HI/c1-19-17-23(14-16-29(19)18-21-7-5-4-6-8-21)28-25(26-2)27-15-13-20-9-11-22(12-10-20)24(30)31-3;/h4-12,19,23H,13-18H2,1-3H3,(H2,26,27,28);1H. The SMILES string of the molecule is CN=C(NCCc1ccc(C(=O)OC)cc1)NC1CCN(Cc2ccccc2)C(C)C1.I. The van der Waals surface area contributed by atoms with Crippen molar-refractivity contribution >= 4 is 35.9 Å². The summed E-state index contributed by atoms with van der Waals surface area (Å²) in [5.74, 6) is 0.540. The second kappa shape index (κ2) is 13.4. The van der Waals surface area contributed by atoms with Gasteiger partial charge in [-0.2, -0.15) is 0 Å². The number of nitrogens with one attached hydrogen (secondary N) is 2. The van der Waals surface area contributed by atoms with Crippen molar-refractivity contribution < 1.29 is 9.53 Å². The molecule has 174 valence electrons.